The van der Waals surface area contributed by atoms with E-state index in [0.717, 1.165) is 17.5 Å². The second kappa shape index (κ2) is 8.99. The average molecular weight is 430 g/mol. The standard InChI is InChI=1S/C19H22N6O4S/c1-10(2)8-25-16(20)15(17(27)22-19(25)28)13(26)9-30-18-21-14(23-24-18)7-6-12-5-4-11(3)29-12/h4-7,10H,8-9,20H2,1-3H3,(H,21,23,24)(H,22,27,28)/b7-6+. The summed E-state index contributed by atoms with van der Waals surface area (Å²) in [5.41, 5.74) is 4.30. The number of aryl methyl sites for hydroxylation is 1. The predicted molar refractivity (Wildman–Crippen MR) is 114 cm³/mol. The second-order valence-corrected chi connectivity index (χ2v) is 7.96. The van der Waals surface area contributed by atoms with Crippen molar-refractivity contribution in [3.63, 3.8) is 0 Å². The monoisotopic (exact) mass is 430 g/mol. The Bertz CT molecular complexity index is 1200. The SMILES string of the molecule is Cc1ccc(/C=C/c2nc(SCC(=O)c3c(N)n(CC(C)C)c(=O)[nH]c3=O)n[nH]2)o1. The molecule has 0 unspecified atom stereocenters. The van der Waals surface area contributed by atoms with Gasteiger partial charge in [0.05, 0.1) is 5.75 Å². The Kier molecular flexibility index (Phi) is 6.40. The lowest BCUT2D eigenvalue weighted by molar-refractivity contribution is 0.102. The van der Waals surface area contributed by atoms with Crippen molar-refractivity contribution in [3.05, 3.63) is 55.9 Å². The molecule has 3 heterocycles. The zero-order chi connectivity index (χ0) is 21.8. The van der Waals surface area contributed by atoms with E-state index in [0.29, 0.717) is 23.3 Å². The van der Waals surface area contributed by atoms with Crippen molar-refractivity contribution in [2.45, 2.75) is 32.5 Å². The number of hydrogen-bond donors (Lipinski definition) is 3. The lowest BCUT2D eigenvalue weighted by Crippen LogP contribution is -2.37. The van der Waals surface area contributed by atoms with Gasteiger partial charge in [0.15, 0.2) is 5.78 Å². The molecule has 0 aromatic carbocycles. The first-order valence-corrected chi connectivity index (χ1v) is 10.2. The van der Waals surface area contributed by atoms with Crippen molar-refractivity contribution in [3.8, 4) is 0 Å². The van der Waals surface area contributed by atoms with Crippen LogP contribution in [0.1, 0.15) is 41.6 Å². The fourth-order valence-corrected chi connectivity index (χ4v) is 3.38. The molecule has 10 nitrogen and oxygen atoms in total. The molecule has 0 aliphatic heterocycles. The molecule has 0 saturated heterocycles. The smallest absolute Gasteiger partial charge is 0.329 e. The molecule has 0 spiro atoms. The van der Waals surface area contributed by atoms with Crippen LogP contribution >= 0.6 is 11.8 Å². The number of thioether (sulfide) groups is 1. The van der Waals surface area contributed by atoms with Crippen LogP contribution in [0.4, 0.5) is 5.82 Å². The number of carbonyl (C=O) groups is 1. The van der Waals surface area contributed by atoms with Crippen LogP contribution in [-0.4, -0.2) is 36.3 Å². The lowest BCUT2D eigenvalue weighted by Gasteiger charge is -2.13. The number of aromatic amines is 2. The highest BCUT2D eigenvalue weighted by molar-refractivity contribution is 7.99. The van der Waals surface area contributed by atoms with E-state index in [9.17, 15) is 14.4 Å². The number of anilines is 1. The van der Waals surface area contributed by atoms with Crippen molar-refractivity contribution in [1.82, 2.24) is 24.7 Å². The first-order chi connectivity index (χ1) is 14.2. The molecule has 0 atom stereocenters. The van der Waals surface area contributed by atoms with E-state index >= 15 is 0 Å². The molecule has 3 aromatic rings. The normalized spacial score (nSPS) is 11.6. The Hall–Kier alpha value is -3.34. The van der Waals surface area contributed by atoms with Crippen LogP contribution in [0.2, 0.25) is 0 Å². The minimum atomic E-state index is -0.796. The van der Waals surface area contributed by atoms with Gasteiger partial charge < -0.3 is 10.2 Å². The third-order valence-corrected chi connectivity index (χ3v) is 4.89. The topological polar surface area (TPSA) is 153 Å². The number of rotatable bonds is 8. The molecular formula is C19H22N6O4S. The van der Waals surface area contributed by atoms with Gasteiger partial charge in [0, 0.05) is 6.54 Å². The molecule has 3 aromatic heterocycles. The van der Waals surface area contributed by atoms with E-state index in [1.54, 1.807) is 12.2 Å². The number of nitrogens with one attached hydrogen (secondary N) is 2. The summed E-state index contributed by atoms with van der Waals surface area (Å²) in [5, 5.41) is 7.12. The number of furan rings is 1. The fraction of sp³-hybridized carbons (Fsp3) is 0.316. The van der Waals surface area contributed by atoms with E-state index in [1.807, 2.05) is 32.9 Å². The van der Waals surface area contributed by atoms with Crippen LogP contribution in [0.15, 0.2) is 31.3 Å². The highest BCUT2D eigenvalue weighted by atomic mass is 32.2. The number of H-pyrrole nitrogens is 2. The number of Topliss-reactive ketones (excluding diaryl/α,β-unsaturated/α-hetero) is 1. The summed E-state index contributed by atoms with van der Waals surface area (Å²) in [6.07, 6.45) is 3.44. The zero-order valence-electron chi connectivity index (χ0n) is 16.8. The molecule has 4 N–H and O–H groups in total. The third kappa shape index (κ3) is 4.98. The van der Waals surface area contributed by atoms with E-state index in [2.05, 4.69) is 20.2 Å². The van der Waals surface area contributed by atoms with Crippen molar-refractivity contribution >= 4 is 35.5 Å². The van der Waals surface area contributed by atoms with E-state index in [4.69, 9.17) is 10.2 Å². The van der Waals surface area contributed by atoms with Gasteiger partial charge in [0.25, 0.3) is 5.56 Å². The Morgan fingerprint density at radius 1 is 1.33 bits per heavy atom. The van der Waals surface area contributed by atoms with E-state index in [-0.39, 0.29) is 23.1 Å². The Morgan fingerprint density at radius 3 is 2.77 bits per heavy atom. The van der Waals surface area contributed by atoms with Gasteiger partial charge in [0.2, 0.25) is 5.16 Å². The highest BCUT2D eigenvalue weighted by Gasteiger charge is 2.20. The van der Waals surface area contributed by atoms with Crippen LogP contribution in [0.25, 0.3) is 12.2 Å². The predicted octanol–water partition coefficient (Wildman–Crippen LogP) is 1.94. The summed E-state index contributed by atoms with van der Waals surface area (Å²) in [4.78, 5) is 43.1. The minimum absolute atomic E-state index is 0.106. The van der Waals surface area contributed by atoms with Gasteiger partial charge in [-0.25, -0.2) is 9.78 Å². The number of nitrogen functional groups attached to an aromatic ring is 1. The molecule has 0 bridgehead atoms. The molecule has 11 heteroatoms. The van der Waals surface area contributed by atoms with Crippen molar-refractivity contribution in [1.29, 1.82) is 0 Å². The zero-order valence-corrected chi connectivity index (χ0v) is 17.6. The van der Waals surface area contributed by atoms with Gasteiger partial charge in [-0.3, -0.25) is 24.2 Å². The van der Waals surface area contributed by atoms with Gasteiger partial charge in [-0.15, -0.1) is 5.10 Å². The maximum absolute atomic E-state index is 12.6. The number of ketones is 1. The third-order valence-electron chi connectivity index (χ3n) is 4.05. The van der Waals surface area contributed by atoms with Crippen LogP contribution in [0.3, 0.4) is 0 Å². The maximum Gasteiger partial charge on any atom is 0.329 e. The second-order valence-electron chi connectivity index (χ2n) is 7.02. The summed E-state index contributed by atoms with van der Waals surface area (Å²) < 4.78 is 6.64. The number of hydrogen-bond acceptors (Lipinski definition) is 8. The molecule has 0 saturated carbocycles. The number of nitrogens with two attached hydrogens (primary N) is 1. The molecular weight excluding hydrogens is 408 g/mol. The molecule has 0 aliphatic carbocycles. The molecule has 0 aliphatic rings. The van der Waals surface area contributed by atoms with Crippen LogP contribution in [0.5, 0.6) is 0 Å². The Morgan fingerprint density at radius 2 is 2.10 bits per heavy atom. The van der Waals surface area contributed by atoms with Gasteiger partial charge >= 0.3 is 5.69 Å². The number of aromatic nitrogens is 5. The maximum atomic E-state index is 12.6. The Labute approximate surface area is 175 Å². The Balaban J connectivity index is 1.70. The van der Waals surface area contributed by atoms with Crippen LogP contribution in [-0.2, 0) is 6.54 Å². The van der Waals surface area contributed by atoms with Gasteiger partial charge in [-0.05, 0) is 37.1 Å². The minimum Gasteiger partial charge on any atom is -0.462 e. The van der Waals surface area contributed by atoms with Gasteiger partial charge in [-0.2, -0.15) is 0 Å². The summed E-state index contributed by atoms with van der Waals surface area (Å²) >= 11 is 1.06. The van der Waals surface area contributed by atoms with Gasteiger partial charge in [0.1, 0.15) is 28.7 Å². The quantitative estimate of drug-likeness (QED) is 0.362. The van der Waals surface area contributed by atoms with Crippen LogP contribution in [0, 0.1) is 12.8 Å². The summed E-state index contributed by atoms with van der Waals surface area (Å²) in [6, 6.07) is 3.68. The first kappa shape index (κ1) is 21.4. The van der Waals surface area contributed by atoms with Crippen molar-refractivity contribution in [2.75, 3.05) is 11.5 Å². The van der Waals surface area contributed by atoms with Gasteiger partial charge in [-0.1, -0.05) is 25.6 Å². The summed E-state index contributed by atoms with van der Waals surface area (Å²) in [5.74, 6) is 1.33. The van der Waals surface area contributed by atoms with E-state index < -0.39 is 17.0 Å². The number of carbonyl (C=O) groups excluding carboxylic acids is 1. The lowest BCUT2D eigenvalue weighted by atomic mass is 10.2. The first-order valence-electron chi connectivity index (χ1n) is 9.20. The molecule has 0 amide bonds. The molecule has 0 radical (unpaired) electrons. The largest absolute Gasteiger partial charge is 0.462 e. The van der Waals surface area contributed by atoms with Crippen molar-refractivity contribution < 1.29 is 9.21 Å². The average Bonchev–Trinajstić information content (AvgIpc) is 3.30. The fourth-order valence-electron chi connectivity index (χ4n) is 2.71. The summed E-state index contributed by atoms with van der Waals surface area (Å²) in [7, 11) is 0. The molecule has 30 heavy (non-hydrogen) atoms. The highest BCUT2D eigenvalue weighted by Crippen LogP contribution is 2.17. The van der Waals surface area contributed by atoms with Crippen LogP contribution < -0.4 is 17.0 Å². The summed E-state index contributed by atoms with van der Waals surface area (Å²) in [6.45, 7) is 5.94. The molecule has 0 fully saturated rings. The number of nitrogens with zero attached hydrogens (tertiary/aromatic N) is 3. The van der Waals surface area contributed by atoms with E-state index in [1.165, 1.54) is 4.57 Å². The molecule has 3 rings (SSSR count). The molecule has 158 valence electrons. The van der Waals surface area contributed by atoms with Crippen molar-refractivity contribution in [2.24, 2.45) is 5.92 Å².